The predicted octanol–water partition coefficient (Wildman–Crippen LogP) is 3.92. The van der Waals surface area contributed by atoms with Crippen LogP contribution in [-0.2, 0) is 4.79 Å². The normalized spacial score (nSPS) is 17.0. The number of carbonyl (C=O) groups excluding carboxylic acids is 1. The third-order valence-corrected chi connectivity index (χ3v) is 7.15. The van der Waals surface area contributed by atoms with Gasteiger partial charge in [-0.15, -0.1) is 0 Å². The van der Waals surface area contributed by atoms with Crippen molar-refractivity contribution in [3.05, 3.63) is 57.1 Å². The van der Waals surface area contributed by atoms with Crippen molar-refractivity contribution in [3.63, 3.8) is 0 Å². The van der Waals surface area contributed by atoms with Gasteiger partial charge in [-0.25, -0.2) is 24.3 Å². The first-order valence-corrected chi connectivity index (χ1v) is 12.2. The van der Waals surface area contributed by atoms with Gasteiger partial charge in [0.25, 0.3) is 0 Å². The minimum atomic E-state index is -0.516. The summed E-state index contributed by atoms with van der Waals surface area (Å²) >= 11 is 12.7. The molecule has 35 heavy (non-hydrogen) atoms. The summed E-state index contributed by atoms with van der Waals surface area (Å²) in [5, 5.41) is 0.913. The molecule has 0 aliphatic carbocycles. The van der Waals surface area contributed by atoms with Crippen molar-refractivity contribution in [2.45, 2.75) is 46.1 Å². The summed E-state index contributed by atoms with van der Waals surface area (Å²) in [5.41, 5.74) is 1.73. The molecule has 3 aromatic rings. The van der Waals surface area contributed by atoms with E-state index in [0.29, 0.717) is 47.9 Å². The number of aromatic nitrogens is 5. The van der Waals surface area contributed by atoms with Crippen molar-refractivity contribution in [1.29, 1.82) is 0 Å². The highest BCUT2D eigenvalue weighted by molar-refractivity contribution is 6.41. The average molecular weight is 516 g/mol. The van der Waals surface area contributed by atoms with E-state index in [1.54, 1.807) is 11.0 Å². The Morgan fingerprint density at radius 2 is 2.03 bits per heavy atom. The molecule has 184 valence electrons. The Morgan fingerprint density at radius 1 is 1.29 bits per heavy atom. The standard InChI is InChI=1S/C24H27Cl2N7O2/c1-6-13(3)19-20(15(5)27-12-28-19)33-23-16(10-17(25)21(26)29-23)22(30-24(33)35)31-8-9-32(14(4)11-31)18(34)7-2/h7,10,12-14H,2,6,8-9,11H2,1,3-5H3/t13?,14-/m0/s1. The summed E-state index contributed by atoms with van der Waals surface area (Å²) in [4.78, 5) is 47.3. The first-order valence-electron chi connectivity index (χ1n) is 11.5. The van der Waals surface area contributed by atoms with Crippen molar-refractivity contribution in [2.75, 3.05) is 24.5 Å². The molecule has 0 saturated carbocycles. The van der Waals surface area contributed by atoms with E-state index in [2.05, 4.69) is 33.4 Å². The number of pyridine rings is 1. The lowest BCUT2D eigenvalue weighted by molar-refractivity contribution is -0.128. The lowest BCUT2D eigenvalue weighted by Crippen LogP contribution is -2.54. The predicted molar refractivity (Wildman–Crippen MR) is 138 cm³/mol. The zero-order chi connectivity index (χ0) is 25.4. The van der Waals surface area contributed by atoms with Crippen molar-refractivity contribution >= 4 is 46.0 Å². The summed E-state index contributed by atoms with van der Waals surface area (Å²) in [6, 6.07) is 1.57. The molecule has 9 nitrogen and oxygen atoms in total. The average Bonchev–Trinajstić information content (AvgIpc) is 2.84. The van der Waals surface area contributed by atoms with Crippen LogP contribution in [0, 0.1) is 6.92 Å². The Hall–Kier alpha value is -3.04. The van der Waals surface area contributed by atoms with Crippen LogP contribution in [0.1, 0.15) is 44.5 Å². The van der Waals surface area contributed by atoms with Crippen LogP contribution in [0.2, 0.25) is 10.2 Å². The van der Waals surface area contributed by atoms with Gasteiger partial charge in [0.2, 0.25) is 5.91 Å². The van der Waals surface area contributed by atoms with E-state index < -0.39 is 5.69 Å². The van der Waals surface area contributed by atoms with Crippen LogP contribution in [-0.4, -0.2) is 61.0 Å². The lowest BCUT2D eigenvalue weighted by Gasteiger charge is -2.40. The van der Waals surface area contributed by atoms with Crippen LogP contribution < -0.4 is 10.6 Å². The fraction of sp³-hybridized carbons (Fsp3) is 0.417. The van der Waals surface area contributed by atoms with Gasteiger partial charge in [0, 0.05) is 31.6 Å². The number of fused-ring (bicyclic) bond motifs is 1. The molecule has 2 atom stereocenters. The fourth-order valence-corrected chi connectivity index (χ4v) is 4.72. The van der Waals surface area contributed by atoms with Crippen LogP contribution in [0.25, 0.3) is 16.7 Å². The number of anilines is 1. The van der Waals surface area contributed by atoms with Gasteiger partial charge in [0.15, 0.2) is 5.65 Å². The van der Waals surface area contributed by atoms with Crippen LogP contribution in [0.15, 0.2) is 29.8 Å². The van der Waals surface area contributed by atoms with Crippen molar-refractivity contribution in [1.82, 2.24) is 29.4 Å². The number of amides is 1. The van der Waals surface area contributed by atoms with Gasteiger partial charge in [-0.3, -0.25) is 4.79 Å². The number of hydrogen-bond acceptors (Lipinski definition) is 7. The van der Waals surface area contributed by atoms with E-state index in [1.807, 2.05) is 25.7 Å². The van der Waals surface area contributed by atoms with Gasteiger partial charge in [-0.2, -0.15) is 4.98 Å². The Morgan fingerprint density at radius 3 is 2.69 bits per heavy atom. The van der Waals surface area contributed by atoms with E-state index in [4.69, 9.17) is 23.2 Å². The SMILES string of the molecule is C=CC(=O)N1CCN(c2nc(=O)n(-c3c(C)ncnc3C(C)CC)c3nc(Cl)c(Cl)cc23)C[C@@H]1C. The highest BCUT2D eigenvalue weighted by Gasteiger charge is 2.30. The van der Waals surface area contributed by atoms with Gasteiger partial charge < -0.3 is 9.80 Å². The third kappa shape index (κ3) is 4.50. The Labute approximate surface area is 213 Å². The number of halogens is 2. The lowest BCUT2D eigenvalue weighted by atomic mass is 10.0. The third-order valence-electron chi connectivity index (χ3n) is 6.48. The zero-order valence-electron chi connectivity index (χ0n) is 20.1. The first-order chi connectivity index (χ1) is 16.7. The maximum Gasteiger partial charge on any atom is 0.355 e. The molecular weight excluding hydrogens is 489 g/mol. The molecule has 0 radical (unpaired) electrons. The second-order valence-corrected chi connectivity index (χ2v) is 9.48. The monoisotopic (exact) mass is 515 g/mol. The van der Waals surface area contributed by atoms with Crippen LogP contribution in [0.3, 0.4) is 0 Å². The van der Waals surface area contributed by atoms with Gasteiger partial charge >= 0.3 is 5.69 Å². The molecule has 1 aliphatic heterocycles. The Kier molecular flexibility index (Phi) is 7.10. The fourth-order valence-electron chi connectivity index (χ4n) is 4.44. The molecule has 1 unspecified atom stereocenters. The maximum absolute atomic E-state index is 13.6. The molecule has 0 spiro atoms. The highest BCUT2D eigenvalue weighted by atomic mass is 35.5. The Balaban J connectivity index is 1.95. The molecule has 3 aromatic heterocycles. The Bertz CT molecular complexity index is 1370. The molecule has 4 rings (SSSR count). The van der Waals surface area contributed by atoms with Crippen molar-refractivity contribution in [3.8, 4) is 5.69 Å². The topological polar surface area (TPSA) is 97.1 Å². The summed E-state index contributed by atoms with van der Waals surface area (Å²) in [5.74, 6) is 0.399. The van der Waals surface area contributed by atoms with E-state index in [9.17, 15) is 9.59 Å². The van der Waals surface area contributed by atoms with Gasteiger partial charge in [-0.05, 0) is 32.4 Å². The van der Waals surface area contributed by atoms with Crippen LogP contribution in [0.4, 0.5) is 5.82 Å². The van der Waals surface area contributed by atoms with Crippen LogP contribution >= 0.6 is 23.2 Å². The highest BCUT2D eigenvalue weighted by Crippen LogP contribution is 2.33. The molecule has 1 fully saturated rings. The molecular formula is C24H27Cl2N7O2. The summed E-state index contributed by atoms with van der Waals surface area (Å²) in [6.07, 6.45) is 3.64. The van der Waals surface area contributed by atoms with E-state index in [-0.39, 0.29) is 28.0 Å². The molecule has 0 aromatic carbocycles. The van der Waals surface area contributed by atoms with Crippen molar-refractivity contribution < 1.29 is 4.79 Å². The zero-order valence-corrected chi connectivity index (χ0v) is 21.6. The molecule has 4 heterocycles. The largest absolute Gasteiger partial charge is 0.355 e. The summed E-state index contributed by atoms with van der Waals surface area (Å²) < 4.78 is 1.43. The van der Waals surface area contributed by atoms with E-state index in [1.165, 1.54) is 17.0 Å². The minimum absolute atomic E-state index is 0.0763. The molecule has 1 aliphatic rings. The number of aryl methyl sites for hydroxylation is 1. The van der Waals surface area contributed by atoms with Crippen molar-refractivity contribution in [2.24, 2.45) is 0 Å². The number of carbonyl (C=O) groups is 1. The number of piperazine rings is 1. The second-order valence-electron chi connectivity index (χ2n) is 8.72. The number of hydrogen-bond donors (Lipinski definition) is 0. The summed E-state index contributed by atoms with van der Waals surface area (Å²) in [6.45, 7) is 12.9. The second kappa shape index (κ2) is 9.91. The van der Waals surface area contributed by atoms with Gasteiger partial charge in [0.05, 0.1) is 27.5 Å². The smallest absolute Gasteiger partial charge is 0.352 e. The first kappa shape index (κ1) is 25.1. The number of rotatable bonds is 5. The van der Waals surface area contributed by atoms with Crippen LogP contribution in [0.5, 0.6) is 0 Å². The maximum atomic E-state index is 13.6. The number of nitrogens with zero attached hydrogens (tertiary/aromatic N) is 7. The minimum Gasteiger partial charge on any atom is -0.352 e. The van der Waals surface area contributed by atoms with Gasteiger partial charge in [0.1, 0.15) is 17.3 Å². The molecule has 1 saturated heterocycles. The summed E-state index contributed by atoms with van der Waals surface area (Å²) in [7, 11) is 0. The van der Waals surface area contributed by atoms with E-state index >= 15 is 0 Å². The van der Waals surface area contributed by atoms with E-state index in [0.717, 1.165) is 12.1 Å². The molecule has 0 N–H and O–H groups in total. The molecule has 11 heteroatoms. The molecule has 1 amide bonds. The molecule has 0 bridgehead atoms. The van der Waals surface area contributed by atoms with Gasteiger partial charge in [-0.1, -0.05) is 43.6 Å². The quantitative estimate of drug-likeness (QED) is 0.375.